The largest absolute Gasteiger partial charge is 0.493 e. The summed E-state index contributed by atoms with van der Waals surface area (Å²) >= 11 is 0. The minimum absolute atomic E-state index is 0.198. The van der Waals surface area contributed by atoms with Crippen LogP contribution in [0.1, 0.15) is 62.8 Å². The van der Waals surface area contributed by atoms with E-state index in [-0.39, 0.29) is 17.0 Å². The van der Waals surface area contributed by atoms with Crippen LogP contribution in [0.4, 0.5) is 5.69 Å². The number of carbonyl (C=O) groups is 1. The minimum Gasteiger partial charge on any atom is -0.493 e. The van der Waals surface area contributed by atoms with Crippen molar-refractivity contribution in [2.45, 2.75) is 64.5 Å². The molecule has 0 saturated carbocycles. The molecule has 3 heterocycles. The van der Waals surface area contributed by atoms with E-state index in [0.717, 1.165) is 54.3 Å². The number of benzene rings is 2. The lowest BCUT2D eigenvalue weighted by atomic mass is 9.81. The second-order valence-corrected chi connectivity index (χ2v) is 10.1. The summed E-state index contributed by atoms with van der Waals surface area (Å²) in [5, 5.41) is 0. The zero-order valence-electron chi connectivity index (χ0n) is 19.0. The first kappa shape index (κ1) is 20.1. The topological polar surface area (TPSA) is 51.1 Å². The van der Waals surface area contributed by atoms with Gasteiger partial charge in [-0.05, 0) is 64.3 Å². The SMILES string of the molecule is COc1cc2c(c3c1OC(C)(C)C3)C(c1cccc(N3CCCC3=O)c1)=NC(C)(C)C2. The fourth-order valence-corrected chi connectivity index (χ4v) is 5.17. The van der Waals surface area contributed by atoms with Gasteiger partial charge >= 0.3 is 0 Å². The van der Waals surface area contributed by atoms with Crippen LogP contribution < -0.4 is 14.4 Å². The van der Waals surface area contributed by atoms with Gasteiger partial charge in [-0.2, -0.15) is 0 Å². The maximum Gasteiger partial charge on any atom is 0.227 e. The lowest BCUT2D eigenvalue weighted by molar-refractivity contribution is -0.117. The number of carbonyl (C=O) groups excluding carboxylic acids is 1. The van der Waals surface area contributed by atoms with Gasteiger partial charge in [-0.3, -0.25) is 9.79 Å². The van der Waals surface area contributed by atoms with Gasteiger partial charge in [0.25, 0.3) is 0 Å². The summed E-state index contributed by atoms with van der Waals surface area (Å²) in [7, 11) is 1.70. The maximum absolute atomic E-state index is 12.3. The minimum atomic E-state index is -0.285. The molecule has 1 fully saturated rings. The molecule has 5 rings (SSSR count). The highest BCUT2D eigenvalue weighted by atomic mass is 16.5. The van der Waals surface area contributed by atoms with E-state index in [0.29, 0.717) is 6.42 Å². The van der Waals surface area contributed by atoms with Gasteiger partial charge in [0, 0.05) is 41.8 Å². The first-order chi connectivity index (χ1) is 14.7. The lowest BCUT2D eigenvalue weighted by Crippen LogP contribution is -2.31. The molecule has 0 N–H and O–H groups in total. The Kier molecular flexibility index (Phi) is 4.44. The number of fused-ring (bicyclic) bond motifs is 3. The molecule has 0 radical (unpaired) electrons. The summed E-state index contributed by atoms with van der Waals surface area (Å²) < 4.78 is 12.0. The molecule has 0 bridgehead atoms. The molecule has 0 unspecified atom stereocenters. The van der Waals surface area contributed by atoms with Crippen molar-refractivity contribution in [1.29, 1.82) is 0 Å². The average molecular weight is 419 g/mol. The second-order valence-electron chi connectivity index (χ2n) is 10.1. The van der Waals surface area contributed by atoms with Gasteiger partial charge in [0.05, 0.1) is 18.4 Å². The van der Waals surface area contributed by atoms with Gasteiger partial charge in [0.2, 0.25) is 5.91 Å². The van der Waals surface area contributed by atoms with E-state index in [4.69, 9.17) is 14.5 Å². The van der Waals surface area contributed by atoms with Crippen LogP contribution in [0.15, 0.2) is 35.3 Å². The van der Waals surface area contributed by atoms with Crippen molar-refractivity contribution >= 4 is 17.3 Å². The number of hydrogen-bond acceptors (Lipinski definition) is 4. The predicted molar refractivity (Wildman–Crippen MR) is 123 cm³/mol. The fourth-order valence-electron chi connectivity index (χ4n) is 5.17. The summed E-state index contributed by atoms with van der Waals surface area (Å²) in [5.74, 6) is 1.83. The van der Waals surface area contributed by atoms with Crippen molar-refractivity contribution in [3.8, 4) is 11.5 Å². The van der Waals surface area contributed by atoms with Crippen LogP contribution in [0.5, 0.6) is 11.5 Å². The third-order valence-electron chi connectivity index (χ3n) is 6.41. The first-order valence-corrected chi connectivity index (χ1v) is 11.1. The van der Waals surface area contributed by atoms with Gasteiger partial charge in [0.15, 0.2) is 11.5 Å². The smallest absolute Gasteiger partial charge is 0.227 e. The van der Waals surface area contributed by atoms with Crippen LogP contribution in [0.3, 0.4) is 0 Å². The number of aliphatic imine (C=N–C) groups is 1. The number of nitrogens with zero attached hydrogens (tertiary/aromatic N) is 2. The van der Waals surface area contributed by atoms with Gasteiger partial charge in [-0.1, -0.05) is 12.1 Å². The molecule has 0 spiro atoms. The summed E-state index contributed by atoms with van der Waals surface area (Å²) in [5.41, 5.74) is 6.07. The molecule has 3 aliphatic rings. The van der Waals surface area contributed by atoms with E-state index in [1.807, 2.05) is 17.0 Å². The van der Waals surface area contributed by atoms with Crippen molar-refractivity contribution in [1.82, 2.24) is 0 Å². The molecule has 2 aromatic rings. The van der Waals surface area contributed by atoms with Crippen LogP contribution in [0.25, 0.3) is 0 Å². The Balaban J connectivity index is 1.69. The van der Waals surface area contributed by atoms with Gasteiger partial charge in [-0.15, -0.1) is 0 Å². The Labute approximate surface area is 184 Å². The van der Waals surface area contributed by atoms with E-state index in [2.05, 4.69) is 45.9 Å². The molecule has 31 heavy (non-hydrogen) atoms. The molecule has 0 aliphatic carbocycles. The van der Waals surface area contributed by atoms with Gasteiger partial charge in [-0.25, -0.2) is 0 Å². The second kappa shape index (κ2) is 6.84. The van der Waals surface area contributed by atoms with E-state index >= 15 is 0 Å². The molecule has 1 amide bonds. The number of amides is 1. The van der Waals surface area contributed by atoms with Crippen LogP contribution in [0.2, 0.25) is 0 Å². The van der Waals surface area contributed by atoms with Gasteiger partial charge in [0.1, 0.15) is 5.60 Å². The van der Waals surface area contributed by atoms with Crippen LogP contribution in [-0.4, -0.2) is 36.4 Å². The summed E-state index contributed by atoms with van der Waals surface area (Å²) in [6.07, 6.45) is 3.20. The molecular weight excluding hydrogens is 388 g/mol. The Morgan fingerprint density at radius 3 is 2.65 bits per heavy atom. The standard InChI is InChI=1S/C26H30N2O3/c1-25(2)14-17-13-20(30-5)24-19(15-26(3,4)31-24)22(17)23(27-25)16-8-6-9-18(12-16)28-11-7-10-21(28)29/h6,8-9,12-13H,7,10-11,14-15H2,1-5H3. The van der Waals surface area contributed by atoms with E-state index in [1.54, 1.807) is 7.11 Å². The molecule has 162 valence electrons. The molecule has 3 aliphatic heterocycles. The van der Waals surface area contributed by atoms with Crippen molar-refractivity contribution < 1.29 is 14.3 Å². The highest BCUT2D eigenvalue weighted by molar-refractivity contribution is 6.16. The van der Waals surface area contributed by atoms with Crippen LogP contribution in [0, 0.1) is 0 Å². The van der Waals surface area contributed by atoms with E-state index in [1.165, 1.54) is 16.7 Å². The van der Waals surface area contributed by atoms with E-state index < -0.39 is 0 Å². The molecular formula is C26H30N2O3. The highest BCUT2D eigenvalue weighted by Gasteiger charge is 2.39. The zero-order chi connectivity index (χ0) is 22.0. The molecule has 0 aromatic heterocycles. The monoisotopic (exact) mass is 418 g/mol. The normalized spacial score (nSPS) is 20.7. The summed E-state index contributed by atoms with van der Waals surface area (Å²) in [6, 6.07) is 10.4. The van der Waals surface area contributed by atoms with Crippen molar-refractivity contribution in [3.63, 3.8) is 0 Å². The highest BCUT2D eigenvalue weighted by Crippen LogP contribution is 2.48. The molecule has 5 heteroatoms. The Morgan fingerprint density at radius 1 is 1.13 bits per heavy atom. The molecule has 2 aromatic carbocycles. The molecule has 1 saturated heterocycles. The number of anilines is 1. The zero-order valence-corrected chi connectivity index (χ0v) is 19.0. The molecule has 5 nitrogen and oxygen atoms in total. The number of hydrogen-bond donors (Lipinski definition) is 0. The quantitative estimate of drug-likeness (QED) is 0.726. The van der Waals surface area contributed by atoms with Gasteiger partial charge < -0.3 is 14.4 Å². The maximum atomic E-state index is 12.3. The Morgan fingerprint density at radius 2 is 1.94 bits per heavy atom. The fraction of sp³-hybridized carbons (Fsp3) is 0.462. The van der Waals surface area contributed by atoms with Crippen molar-refractivity contribution in [3.05, 3.63) is 52.6 Å². The number of methoxy groups -OCH3 is 1. The average Bonchev–Trinajstić information content (AvgIpc) is 3.27. The molecule has 0 atom stereocenters. The number of ether oxygens (including phenoxy) is 2. The Hall–Kier alpha value is -2.82. The summed E-state index contributed by atoms with van der Waals surface area (Å²) in [4.78, 5) is 19.4. The van der Waals surface area contributed by atoms with Crippen LogP contribution in [-0.2, 0) is 17.6 Å². The number of rotatable bonds is 3. The van der Waals surface area contributed by atoms with E-state index in [9.17, 15) is 4.79 Å². The van der Waals surface area contributed by atoms with Crippen molar-refractivity contribution in [2.24, 2.45) is 4.99 Å². The predicted octanol–water partition coefficient (Wildman–Crippen LogP) is 4.71. The summed E-state index contributed by atoms with van der Waals surface area (Å²) in [6.45, 7) is 9.35. The Bertz CT molecular complexity index is 1110. The first-order valence-electron chi connectivity index (χ1n) is 11.1. The lowest BCUT2D eigenvalue weighted by Gasteiger charge is -2.31. The van der Waals surface area contributed by atoms with Crippen LogP contribution >= 0.6 is 0 Å². The third-order valence-corrected chi connectivity index (χ3v) is 6.41. The third kappa shape index (κ3) is 3.40. The van der Waals surface area contributed by atoms with Crippen molar-refractivity contribution in [2.75, 3.05) is 18.6 Å².